The first-order valence-corrected chi connectivity index (χ1v) is 6.32. The topological polar surface area (TPSA) is 25.8 Å². The minimum absolute atomic E-state index is 1.03. The summed E-state index contributed by atoms with van der Waals surface area (Å²) in [6.45, 7) is 4.07. The number of aryl methyl sites for hydroxylation is 2. The lowest BCUT2D eigenvalue weighted by Crippen LogP contribution is -1.86. The van der Waals surface area contributed by atoms with Crippen molar-refractivity contribution in [3.8, 4) is 11.1 Å². The average Bonchev–Trinajstić information content (AvgIpc) is 2.71. The van der Waals surface area contributed by atoms with Crippen molar-refractivity contribution in [1.82, 2.24) is 9.36 Å². The fourth-order valence-corrected chi connectivity index (χ4v) is 2.91. The van der Waals surface area contributed by atoms with E-state index in [4.69, 9.17) is 0 Å². The summed E-state index contributed by atoms with van der Waals surface area (Å²) in [5, 5.41) is 1.19. The first kappa shape index (κ1) is 10.4. The lowest BCUT2D eigenvalue weighted by molar-refractivity contribution is 1.27. The number of benzene rings is 1. The van der Waals surface area contributed by atoms with Gasteiger partial charge in [0.1, 0.15) is 4.83 Å². The summed E-state index contributed by atoms with van der Waals surface area (Å²) in [4.78, 5) is 5.57. The molecule has 3 heteroatoms. The van der Waals surface area contributed by atoms with E-state index in [1.54, 1.807) is 0 Å². The predicted octanol–water partition coefficient (Wildman–Crippen LogP) is 3.98. The Bertz CT molecular complexity index is 671. The molecule has 2 nitrogen and oxygen atoms in total. The van der Waals surface area contributed by atoms with E-state index in [1.807, 2.05) is 19.9 Å². The molecule has 2 aromatic heterocycles. The quantitative estimate of drug-likeness (QED) is 0.643. The third-order valence-electron chi connectivity index (χ3n) is 2.83. The van der Waals surface area contributed by atoms with Crippen LogP contribution in [0, 0.1) is 13.8 Å². The molecule has 0 aliphatic rings. The molecular weight excluding hydrogens is 228 g/mol. The molecule has 0 saturated heterocycles. The van der Waals surface area contributed by atoms with Crippen LogP contribution in [-0.4, -0.2) is 9.36 Å². The Labute approximate surface area is 104 Å². The normalized spacial score (nSPS) is 10.9. The molecule has 0 saturated carbocycles. The molecule has 0 unspecified atom stereocenters. The van der Waals surface area contributed by atoms with Crippen LogP contribution in [0.5, 0.6) is 0 Å². The highest BCUT2D eigenvalue weighted by Gasteiger charge is 2.11. The van der Waals surface area contributed by atoms with E-state index in [9.17, 15) is 0 Å². The molecule has 0 atom stereocenters. The Hall–Kier alpha value is -1.74. The van der Waals surface area contributed by atoms with Gasteiger partial charge >= 0.3 is 0 Å². The maximum absolute atomic E-state index is 4.54. The van der Waals surface area contributed by atoms with Gasteiger partial charge in [-0.05, 0) is 42.6 Å². The van der Waals surface area contributed by atoms with Gasteiger partial charge in [0.25, 0.3) is 0 Å². The molecule has 1 aromatic carbocycles. The van der Waals surface area contributed by atoms with Crippen LogP contribution in [0.1, 0.15) is 11.4 Å². The molecule has 0 amide bonds. The fraction of sp³-hybridized carbons (Fsp3) is 0.143. The summed E-state index contributed by atoms with van der Waals surface area (Å²) in [6, 6.07) is 12.6. The number of hydrogen-bond donors (Lipinski definition) is 0. The van der Waals surface area contributed by atoms with Gasteiger partial charge in [0.2, 0.25) is 0 Å². The van der Waals surface area contributed by atoms with Crippen molar-refractivity contribution in [3.05, 3.63) is 47.8 Å². The van der Waals surface area contributed by atoms with Crippen molar-refractivity contribution in [2.24, 2.45) is 0 Å². The second-order valence-electron chi connectivity index (χ2n) is 4.13. The van der Waals surface area contributed by atoms with Gasteiger partial charge in [-0.15, -0.1) is 0 Å². The Morgan fingerprint density at radius 3 is 2.59 bits per heavy atom. The first-order chi connectivity index (χ1) is 8.25. The molecule has 84 valence electrons. The lowest BCUT2D eigenvalue weighted by atomic mass is 10.0. The Morgan fingerprint density at radius 2 is 1.82 bits per heavy atom. The Morgan fingerprint density at radius 1 is 1.06 bits per heavy atom. The van der Waals surface area contributed by atoms with Gasteiger partial charge in [0.05, 0.1) is 5.69 Å². The molecule has 3 rings (SSSR count). The number of pyridine rings is 1. The van der Waals surface area contributed by atoms with E-state index in [2.05, 4.69) is 39.7 Å². The van der Waals surface area contributed by atoms with Crippen molar-refractivity contribution >= 4 is 21.7 Å². The van der Waals surface area contributed by atoms with Crippen LogP contribution in [0.3, 0.4) is 0 Å². The van der Waals surface area contributed by atoms with Crippen molar-refractivity contribution in [1.29, 1.82) is 0 Å². The first-order valence-electron chi connectivity index (χ1n) is 5.55. The molecule has 0 spiro atoms. The van der Waals surface area contributed by atoms with Crippen LogP contribution in [0.25, 0.3) is 21.3 Å². The van der Waals surface area contributed by atoms with Gasteiger partial charge in [-0.25, -0.2) is 4.98 Å². The van der Waals surface area contributed by atoms with Crippen LogP contribution in [0.4, 0.5) is 0 Å². The highest BCUT2D eigenvalue weighted by molar-refractivity contribution is 7.13. The summed E-state index contributed by atoms with van der Waals surface area (Å²) in [6.07, 6.45) is 0. The Kier molecular flexibility index (Phi) is 2.41. The molecular formula is C14H12N2S. The zero-order valence-corrected chi connectivity index (χ0v) is 10.6. The SMILES string of the molecule is Cc1cc(-c2ccccc2)c2c(C)nsc2n1. The molecule has 0 aliphatic heterocycles. The van der Waals surface area contributed by atoms with E-state index in [-0.39, 0.29) is 0 Å². The minimum Gasteiger partial charge on any atom is -0.241 e. The van der Waals surface area contributed by atoms with Crippen LogP contribution in [0.15, 0.2) is 36.4 Å². The lowest BCUT2D eigenvalue weighted by Gasteiger charge is -2.05. The van der Waals surface area contributed by atoms with Gasteiger partial charge in [-0.3, -0.25) is 0 Å². The summed E-state index contributed by atoms with van der Waals surface area (Å²) in [7, 11) is 0. The van der Waals surface area contributed by atoms with E-state index >= 15 is 0 Å². The fourth-order valence-electron chi connectivity index (χ4n) is 2.06. The summed E-state index contributed by atoms with van der Waals surface area (Å²) < 4.78 is 4.40. The minimum atomic E-state index is 1.03. The highest BCUT2D eigenvalue weighted by atomic mass is 32.1. The van der Waals surface area contributed by atoms with Gasteiger partial charge in [0, 0.05) is 11.1 Å². The summed E-state index contributed by atoms with van der Waals surface area (Å²) in [5.74, 6) is 0. The molecule has 3 aromatic rings. The van der Waals surface area contributed by atoms with Crippen molar-refractivity contribution in [3.63, 3.8) is 0 Å². The second kappa shape index (κ2) is 3.93. The average molecular weight is 240 g/mol. The predicted molar refractivity (Wildman–Crippen MR) is 72.3 cm³/mol. The molecule has 0 fully saturated rings. The third kappa shape index (κ3) is 1.72. The van der Waals surface area contributed by atoms with Crippen LogP contribution >= 0.6 is 11.5 Å². The van der Waals surface area contributed by atoms with Crippen molar-refractivity contribution in [2.75, 3.05) is 0 Å². The maximum Gasteiger partial charge on any atom is 0.144 e. The van der Waals surface area contributed by atoms with Gasteiger partial charge in [0.15, 0.2) is 0 Å². The van der Waals surface area contributed by atoms with Crippen molar-refractivity contribution in [2.45, 2.75) is 13.8 Å². The van der Waals surface area contributed by atoms with Gasteiger partial charge in [-0.2, -0.15) is 4.37 Å². The molecule has 0 N–H and O–H groups in total. The monoisotopic (exact) mass is 240 g/mol. The van der Waals surface area contributed by atoms with E-state index in [1.165, 1.54) is 28.0 Å². The molecule has 0 radical (unpaired) electrons. The largest absolute Gasteiger partial charge is 0.241 e. The van der Waals surface area contributed by atoms with E-state index < -0.39 is 0 Å². The van der Waals surface area contributed by atoms with Crippen LogP contribution < -0.4 is 0 Å². The molecule has 2 heterocycles. The zero-order chi connectivity index (χ0) is 11.8. The van der Waals surface area contributed by atoms with Gasteiger partial charge < -0.3 is 0 Å². The number of hydrogen-bond acceptors (Lipinski definition) is 3. The molecule has 0 aliphatic carbocycles. The van der Waals surface area contributed by atoms with Crippen LogP contribution in [0.2, 0.25) is 0 Å². The Balaban J connectivity index is 2.39. The van der Waals surface area contributed by atoms with Crippen LogP contribution in [-0.2, 0) is 0 Å². The summed E-state index contributed by atoms with van der Waals surface area (Å²) >= 11 is 1.48. The number of nitrogens with zero attached hydrogens (tertiary/aromatic N) is 2. The van der Waals surface area contributed by atoms with E-state index in [0.29, 0.717) is 0 Å². The number of aromatic nitrogens is 2. The maximum atomic E-state index is 4.54. The third-order valence-corrected chi connectivity index (χ3v) is 3.66. The summed E-state index contributed by atoms with van der Waals surface area (Å²) in [5.41, 5.74) is 4.57. The molecule has 17 heavy (non-hydrogen) atoms. The molecule has 0 bridgehead atoms. The second-order valence-corrected chi connectivity index (χ2v) is 4.88. The van der Waals surface area contributed by atoms with Crippen molar-refractivity contribution < 1.29 is 0 Å². The number of rotatable bonds is 1. The number of fused-ring (bicyclic) bond motifs is 1. The zero-order valence-electron chi connectivity index (χ0n) is 9.77. The van der Waals surface area contributed by atoms with Gasteiger partial charge in [-0.1, -0.05) is 30.3 Å². The highest BCUT2D eigenvalue weighted by Crippen LogP contribution is 2.32. The van der Waals surface area contributed by atoms with E-state index in [0.717, 1.165) is 16.2 Å². The standard InChI is InChI=1S/C14H12N2S/c1-9-8-12(11-6-4-3-5-7-11)13-10(2)16-17-14(13)15-9/h3-8H,1-2H3. The smallest absolute Gasteiger partial charge is 0.144 e.